The summed E-state index contributed by atoms with van der Waals surface area (Å²) in [5.74, 6) is -1.36. The first-order valence-corrected chi connectivity index (χ1v) is 7.58. The molecule has 2 aromatic rings. The molecule has 5 nitrogen and oxygen atoms in total. The Balaban J connectivity index is 1.98. The van der Waals surface area contributed by atoms with Crippen molar-refractivity contribution in [2.24, 2.45) is 0 Å². The van der Waals surface area contributed by atoms with E-state index >= 15 is 0 Å². The summed E-state index contributed by atoms with van der Waals surface area (Å²) in [6.07, 6.45) is 2.85. The summed E-state index contributed by atoms with van der Waals surface area (Å²) in [6.45, 7) is 0. The van der Waals surface area contributed by atoms with Gasteiger partial charge in [0, 0.05) is 12.5 Å². The first kappa shape index (κ1) is 18.2. The van der Waals surface area contributed by atoms with Gasteiger partial charge in [-0.15, -0.1) is 0 Å². The Morgan fingerprint density at radius 1 is 1.16 bits per heavy atom. The van der Waals surface area contributed by atoms with Gasteiger partial charge in [-0.3, -0.25) is 4.79 Å². The summed E-state index contributed by atoms with van der Waals surface area (Å²) >= 11 is 0. The first-order chi connectivity index (χ1) is 12.0. The third-order valence-corrected chi connectivity index (χ3v) is 3.51. The Morgan fingerprint density at radius 2 is 1.80 bits per heavy atom. The minimum absolute atomic E-state index is 0.148. The van der Waals surface area contributed by atoms with Crippen LogP contribution in [-0.4, -0.2) is 30.1 Å². The number of ether oxygens (including phenoxy) is 1. The van der Waals surface area contributed by atoms with E-state index in [0.29, 0.717) is 11.3 Å². The number of benzene rings is 2. The number of carbonyl (C=O) groups excluding carboxylic acids is 1. The zero-order chi connectivity index (χ0) is 18.2. The number of carbonyl (C=O) groups is 2. The lowest BCUT2D eigenvalue weighted by Gasteiger charge is -2.13. The SMILES string of the molecule is COc1ccc(C[C@H](NC(=O)C=Cc2ccc(F)cc2)C(=O)O)cc1. The van der Waals surface area contributed by atoms with Gasteiger partial charge in [0.2, 0.25) is 5.91 Å². The van der Waals surface area contributed by atoms with Gasteiger partial charge in [0.25, 0.3) is 0 Å². The zero-order valence-corrected chi connectivity index (χ0v) is 13.6. The Kier molecular flexibility index (Phi) is 6.28. The van der Waals surface area contributed by atoms with Gasteiger partial charge >= 0.3 is 5.97 Å². The van der Waals surface area contributed by atoms with Crippen LogP contribution in [0.25, 0.3) is 6.08 Å². The Morgan fingerprint density at radius 3 is 2.36 bits per heavy atom. The summed E-state index contributed by atoms with van der Waals surface area (Å²) in [6, 6.07) is 11.5. The zero-order valence-electron chi connectivity index (χ0n) is 13.6. The van der Waals surface area contributed by atoms with Gasteiger partial charge in [0.15, 0.2) is 0 Å². The van der Waals surface area contributed by atoms with Crippen LogP contribution >= 0.6 is 0 Å². The maximum atomic E-state index is 12.8. The molecule has 6 heteroatoms. The highest BCUT2D eigenvalue weighted by molar-refractivity contribution is 5.94. The minimum Gasteiger partial charge on any atom is -0.497 e. The molecule has 2 aromatic carbocycles. The standard InChI is InChI=1S/C19H18FNO4/c1-25-16-9-4-14(5-10-16)12-17(19(23)24)21-18(22)11-6-13-2-7-15(20)8-3-13/h2-11,17H,12H2,1H3,(H,21,22)(H,23,24)/t17-/m0/s1. The average Bonchev–Trinajstić information content (AvgIpc) is 2.61. The molecule has 2 N–H and O–H groups in total. The molecule has 0 radical (unpaired) electrons. The molecule has 0 saturated carbocycles. The third-order valence-electron chi connectivity index (χ3n) is 3.51. The molecule has 0 spiro atoms. The monoisotopic (exact) mass is 343 g/mol. The van der Waals surface area contributed by atoms with Crippen molar-refractivity contribution >= 4 is 18.0 Å². The van der Waals surface area contributed by atoms with E-state index in [1.54, 1.807) is 31.4 Å². The van der Waals surface area contributed by atoms with Crippen molar-refractivity contribution in [1.82, 2.24) is 5.32 Å². The van der Waals surface area contributed by atoms with E-state index in [2.05, 4.69) is 5.32 Å². The number of hydrogen-bond donors (Lipinski definition) is 2. The molecule has 0 saturated heterocycles. The van der Waals surface area contributed by atoms with Crippen molar-refractivity contribution in [3.8, 4) is 5.75 Å². The Labute approximate surface area is 144 Å². The summed E-state index contributed by atoms with van der Waals surface area (Å²) in [5, 5.41) is 11.7. The van der Waals surface area contributed by atoms with Crippen molar-refractivity contribution in [2.75, 3.05) is 7.11 Å². The van der Waals surface area contributed by atoms with E-state index in [4.69, 9.17) is 4.74 Å². The van der Waals surface area contributed by atoms with Crippen LogP contribution < -0.4 is 10.1 Å². The topological polar surface area (TPSA) is 75.6 Å². The molecule has 0 fully saturated rings. The molecule has 1 amide bonds. The van der Waals surface area contributed by atoms with Crippen molar-refractivity contribution < 1.29 is 23.8 Å². The van der Waals surface area contributed by atoms with Crippen LogP contribution in [0.4, 0.5) is 4.39 Å². The lowest BCUT2D eigenvalue weighted by molar-refractivity contribution is -0.141. The molecule has 0 unspecified atom stereocenters. The summed E-state index contributed by atoms with van der Waals surface area (Å²) in [4.78, 5) is 23.3. The maximum absolute atomic E-state index is 12.8. The number of amides is 1. The highest BCUT2D eigenvalue weighted by Crippen LogP contribution is 2.13. The summed E-state index contributed by atoms with van der Waals surface area (Å²) in [7, 11) is 1.54. The number of halogens is 1. The molecule has 0 bridgehead atoms. The van der Waals surface area contributed by atoms with Gasteiger partial charge in [0.1, 0.15) is 17.6 Å². The quantitative estimate of drug-likeness (QED) is 0.758. The number of carboxylic acid groups (broad SMARTS) is 1. The van der Waals surface area contributed by atoms with Gasteiger partial charge in [-0.1, -0.05) is 24.3 Å². The predicted molar refractivity (Wildman–Crippen MR) is 91.7 cm³/mol. The van der Waals surface area contributed by atoms with Crippen molar-refractivity contribution in [1.29, 1.82) is 0 Å². The number of nitrogens with one attached hydrogen (secondary N) is 1. The molecule has 0 aliphatic rings. The second-order valence-electron chi connectivity index (χ2n) is 5.34. The number of hydrogen-bond acceptors (Lipinski definition) is 3. The summed E-state index contributed by atoms with van der Waals surface area (Å²) in [5.41, 5.74) is 1.40. The molecule has 0 heterocycles. The normalized spacial score (nSPS) is 11.9. The van der Waals surface area contributed by atoms with Gasteiger partial charge < -0.3 is 15.2 Å². The Bertz CT molecular complexity index is 754. The number of carboxylic acids is 1. The molecule has 0 aliphatic carbocycles. The van der Waals surface area contributed by atoms with E-state index in [9.17, 15) is 19.1 Å². The van der Waals surface area contributed by atoms with Crippen LogP contribution in [0.5, 0.6) is 5.75 Å². The first-order valence-electron chi connectivity index (χ1n) is 7.58. The van der Waals surface area contributed by atoms with Crippen molar-refractivity contribution in [2.45, 2.75) is 12.5 Å². The number of aliphatic carboxylic acids is 1. The summed E-state index contributed by atoms with van der Waals surface area (Å²) < 4.78 is 17.9. The second-order valence-corrected chi connectivity index (χ2v) is 5.34. The van der Waals surface area contributed by atoms with E-state index in [-0.39, 0.29) is 12.2 Å². The van der Waals surface area contributed by atoms with Crippen LogP contribution in [0.1, 0.15) is 11.1 Å². The van der Waals surface area contributed by atoms with Crippen LogP contribution in [0.3, 0.4) is 0 Å². The number of rotatable bonds is 7. The highest BCUT2D eigenvalue weighted by Gasteiger charge is 2.19. The van der Waals surface area contributed by atoms with Gasteiger partial charge in [-0.25, -0.2) is 9.18 Å². The van der Waals surface area contributed by atoms with Crippen molar-refractivity contribution in [3.63, 3.8) is 0 Å². The molecule has 2 rings (SSSR count). The van der Waals surface area contributed by atoms with E-state index in [0.717, 1.165) is 5.56 Å². The molecule has 130 valence electrons. The molecular formula is C19H18FNO4. The van der Waals surface area contributed by atoms with E-state index in [1.165, 1.54) is 36.4 Å². The van der Waals surface area contributed by atoms with Crippen LogP contribution in [0, 0.1) is 5.82 Å². The third kappa shape index (κ3) is 5.76. The Hall–Kier alpha value is -3.15. The fourth-order valence-corrected chi connectivity index (χ4v) is 2.16. The average molecular weight is 343 g/mol. The van der Waals surface area contributed by atoms with Gasteiger partial charge in [0.05, 0.1) is 7.11 Å². The predicted octanol–water partition coefficient (Wildman–Crippen LogP) is 2.66. The van der Waals surface area contributed by atoms with Crippen LogP contribution in [0.2, 0.25) is 0 Å². The molecular weight excluding hydrogens is 325 g/mol. The lowest BCUT2D eigenvalue weighted by atomic mass is 10.1. The largest absolute Gasteiger partial charge is 0.497 e. The second kappa shape index (κ2) is 8.63. The van der Waals surface area contributed by atoms with Gasteiger partial charge in [-0.05, 0) is 41.5 Å². The maximum Gasteiger partial charge on any atom is 0.326 e. The molecule has 0 aliphatic heterocycles. The number of methoxy groups -OCH3 is 1. The van der Waals surface area contributed by atoms with E-state index in [1.807, 2.05) is 0 Å². The molecule has 1 atom stereocenters. The fraction of sp³-hybridized carbons (Fsp3) is 0.158. The minimum atomic E-state index is -1.13. The fourth-order valence-electron chi connectivity index (χ4n) is 2.16. The van der Waals surface area contributed by atoms with Crippen molar-refractivity contribution in [3.05, 3.63) is 71.6 Å². The highest BCUT2D eigenvalue weighted by atomic mass is 19.1. The molecule has 0 aromatic heterocycles. The van der Waals surface area contributed by atoms with Crippen LogP contribution in [0.15, 0.2) is 54.6 Å². The molecule has 25 heavy (non-hydrogen) atoms. The van der Waals surface area contributed by atoms with Gasteiger partial charge in [-0.2, -0.15) is 0 Å². The van der Waals surface area contributed by atoms with E-state index < -0.39 is 17.9 Å². The lowest BCUT2D eigenvalue weighted by Crippen LogP contribution is -2.41. The smallest absolute Gasteiger partial charge is 0.326 e. The van der Waals surface area contributed by atoms with Crippen LogP contribution in [-0.2, 0) is 16.0 Å².